The van der Waals surface area contributed by atoms with E-state index >= 15 is 0 Å². The number of ether oxygens (including phenoxy) is 1. The van der Waals surface area contributed by atoms with Crippen LogP contribution in [-0.2, 0) is 4.74 Å². The monoisotopic (exact) mass is 249 g/mol. The zero-order valence-electron chi connectivity index (χ0n) is 10.8. The van der Waals surface area contributed by atoms with Crippen LogP contribution in [0.25, 0.3) is 0 Å². The third-order valence-corrected chi connectivity index (χ3v) is 2.23. The Kier molecular flexibility index (Phi) is 5.32. The molecule has 0 aliphatic carbocycles. The van der Waals surface area contributed by atoms with E-state index in [1.54, 1.807) is 13.0 Å². The Morgan fingerprint density at radius 3 is 3.00 bits per heavy atom. The summed E-state index contributed by atoms with van der Waals surface area (Å²) in [5.41, 5.74) is 8.18. The summed E-state index contributed by atoms with van der Waals surface area (Å²) in [7, 11) is 0. The first-order valence-electron chi connectivity index (χ1n) is 5.73. The number of carbonyl (C=O) groups is 1. The van der Waals surface area contributed by atoms with E-state index < -0.39 is 0 Å². The Balaban J connectivity index is 2.41. The van der Waals surface area contributed by atoms with Gasteiger partial charge in [-0.3, -0.25) is 9.78 Å². The zero-order chi connectivity index (χ0) is 13.5. The van der Waals surface area contributed by atoms with Gasteiger partial charge in [0.25, 0.3) is 5.91 Å². The van der Waals surface area contributed by atoms with E-state index in [2.05, 4.69) is 16.9 Å². The van der Waals surface area contributed by atoms with Crippen molar-refractivity contribution in [2.75, 3.05) is 25.5 Å². The van der Waals surface area contributed by atoms with E-state index in [-0.39, 0.29) is 5.91 Å². The van der Waals surface area contributed by atoms with Crippen LogP contribution in [0.15, 0.2) is 24.4 Å². The average molecular weight is 249 g/mol. The molecule has 0 saturated carbocycles. The van der Waals surface area contributed by atoms with Crippen molar-refractivity contribution < 1.29 is 9.53 Å². The summed E-state index contributed by atoms with van der Waals surface area (Å²) in [6.45, 7) is 8.79. The van der Waals surface area contributed by atoms with Crippen LogP contribution < -0.4 is 11.1 Å². The molecule has 3 N–H and O–H groups in total. The second-order valence-electron chi connectivity index (χ2n) is 4.17. The van der Waals surface area contributed by atoms with Gasteiger partial charge in [0, 0.05) is 6.54 Å². The average Bonchev–Trinajstić information content (AvgIpc) is 2.31. The highest BCUT2D eigenvalue weighted by Crippen LogP contribution is 2.08. The first-order chi connectivity index (χ1) is 8.50. The molecule has 0 radical (unpaired) electrons. The first-order valence-corrected chi connectivity index (χ1v) is 5.73. The molecule has 0 fully saturated rings. The fraction of sp³-hybridized carbons (Fsp3) is 0.385. The lowest BCUT2D eigenvalue weighted by Crippen LogP contribution is -2.28. The fourth-order valence-electron chi connectivity index (χ4n) is 1.36. The summed E-state index contributed by atoms with van der Waals surface area (Å²) >= 11 is 0. The number of pyridine rings is 1. The number of nitrogens with two attached hydrogens (primary N) is 1. The lowest BCUT2D eigenvalue weighted by molar-refractivity contribution is 0.0926. The van der Waals surface area contributed by atoms with Crippen LogP contribution >= 0.6 is 0 Å². The van der Waals surface area contributed by atoms with Crippen LogP contribution in [0.4, 0.5) is 5.69 Å². The molecule has 0 atom stereocenters. The number of nitrogens with one attached hydrogen (secondary N) is 1. The van der Waals surface area contributed by atoms with Crippen molar-refractivity contribution in [2.24, 2.45) is 0 Å². The molecule has 0 unspecified atom stereocenters. The molecule has 98 valence electrons. The summed E-state index contributed by atoms with van der Waals surface area (Å²) in [5.74, 6) is -0.189. The van der Waals surface area contributed by atoms with Crippen molar-refractivity contribution in [3.63, 3.8) is 0 Å². The van der Waals surface area contributed by atoms with Crippen molar-refractivity contribution in [3.8, 4) is 0 Å². The second kappa shape index (κ2) is 6.76. The van der Waals surface area contributed by atoms with Crippen LogP contribution in [-0.4, -0.2) is 30.6 Å². The van der Waals surface area contributed by atoms with E-state index in [1.807, 2.05) is 6.92 Å². The van der Waals surface area contributed by atoms with Gasteiger partial charge in [0.1, 0.15) is 0 Å². The van der Waals surface area contributed by atoms with Gasteiger partial charge in [0.15, 0.2) is 0 Å². The van der Waals surface area contributed by atoms with Gasteiger partial charge in [-0.25, -0.2) is 0 Å². The van der Waals surface area contributed by atoms with E-state index in [0.717, 1.165) is 5.57 Å². The van der Waals surface area contributed by atoms with Crippen molar-refractivity contribution in [2.45, 2.75) is 13.8 Å². The topological polar surface area (TPSA) is 77.2 Å². The molecule has 0 saturated heterocycles. The Bertz CT molecular complexity index is 444. The lowest BCUT2D eigenvalue weighted by Gasteiger charge is -2.08. The largest absolute Gasteiger partial charge is 0.397 e. The maximum atomic E-state index is 11.8. The number of nitrogen functional groups attached to an aromatic ring is 1. The van der Waals surface area contributed by atoms with Crippen molar-refractivity contribution in [1.29, 1.82) is 0 Å². The van der Waals surface area contributed by atoms with E-state index in [9.17, 15) is 4.79 Å². The standard InChI is InChI=1S/C13H19N3O2/c1-9(2)8-18-5-4-15-13(17)12-6-11(14)7-16-10(12)3/h6-7H,1,4-5,8,14H2,2-3H3,(H,15,17). The van der Waals surface area contributed by atoms with Crippen LogP contribution in [0.3, 0.4) is 0 Å². The molecule has 5 nitrogen and oxygen atoms in total. The molecule has 1 aromatic rings. The minimum atomic E-state index is -0.189. The third-order valence-electron chi connectivity index (χ3n) is 2.23. The minimum Gasteiger partial charge on any atom is -0.397 e. The number of nitrogens with zero attached hydrogens (tertiary/aromatic N) is 1. The number of rotatable bonds is 6. The minimum absolute atomic E-state index is 0.189. The molecule has 1 rings (SSSR count). The van der Waals surface area contributed by atoms with Crippen molar-refractivity contribution in [3.05, 3.63) is 35.7 Å². The molecule has 18 heavy (non-hydrogen) atoms. The second-order valence-corrected chi connectivity index (χ2v) is 4.17. The third kappa shape index (κ3) is 4.55. The maximum absolute atomic E-state index is 11.8. The molecule has 0 aliphatic heterocycles. The van der Waals surface area contributed by atoms with Crippen LogP contribution in [0.2, 0.25) is 0 Å². The highest BCUT2D eigenvalue weighted by Gasteiger charge is 2.09. The predicted octanol–water partition coefficient (Wildman–Crippen LogP) is 1.29. The quantitative estimate of drug-likeness (QED) is 0.588. The summed E-state index contributed by atoms with van der Waals surface area (Å²) < 4.78 is 5.28. The predicted molar refractivity (Wildman–Crippen MR) is 71.4 cm³/mol. The summed E-state index contributed by atoms with van der Waals surface area (Å²) in [6, 6.07) is 1.62. The number of carbonyl (C=O) groups excluding carboxylic acids is 1. The van der Waals surface area contributed by atoms with E-state index in [0.29, 0.717) is 36.7 Å². The van der Waals surface area contributed by atoms with Crippen LogP contribution in [0.1, 0.15) is 23.0 Å². The van der Waals surface area contributed by atoms with Crippen molar-refractivity contribution in [1.82, 2.24) is 10.3 Å². The highest BCUT2D eigenvalue weighted by atomic mass is 16.5. The molecule has 5 heteroatoms. The zero-order valence-corrected chi connectivity index (χ0v) is 10.8. The summed E-state index contributed by atoms with van der Waals surface area (Å²) in [5, 5.41) is 2.75. The number of aryl methyl sites for hydroxylation is 1. The van der Waals surface area contributed by atoms with Gasteiger partial charge in [-0.1, -0.05) is 12.2 Å². The summed E-state index contributed by atoms with van der Waals surface area (Å²) in [4.78, 5) is 15.9. The fourth-order valence-corrected chi connectivity index (χ4v) is 1.36. The van der Waals surface area contributed by atoms with E-state index in [4.69, 9.17) is 10.5 Å². The Morgan fingerprint density at radius 1 is 1.61 bits per heavy atom. The Labute approximate surface area is 107 Å². The Morgan fingerprint density at radius 2 is 2.33 bits per heavy atom. The van der Waals surface area contributed by atoms with Gasteiger partial charge < -0.3 is 15.8 Å². The van der Waals surface area contributed by atoms with Crippen molar-refractivity contribution >= 4 is 11.6 Å². The number of hydrogen-bond acceptors (Lipinski definition) is 4. The number of anilines is 1. The smallest absolute Gasteiger partial charge is 0.253 e. The molecule has 0 aromatic carbocycles. The number of hydrogen-bond donors (Lipinski definition) is 2. The molecule has 1 heterocycles. The van der Waals surface area contributed by atoms with Crippen LogP contribution in [0, 0.1) is 6.92 Å². The maximum Gasteiger partial charge on any atom is 0.253 e. The molecule has 0 spiro atoms. The van der Waals surface area contributed by atoms with Gasteiger partial charge in [-0.2, -0.15) is 0 Å². The van der Waals surface area contributed by atoms with Gasteiger partial charge in [-0.15, -0.1) is 0 Å². The molecule has 1 aromatic heterocycles. The molecule has 1 amide bonds. The normalized spacial score (nSPS) is 10.1. The van der Waals surface area contributed by atoms with Gasteiger partial charge in [0.2, 0.25) is 0 Å². The van der Waals surface area contributed by atoms with Gasteiger partial charge >= 0.3 is 0 Å². The van der Waals surface area contributed by atoms with Gasteiger partial charge in [-0.05, 0) is 19.9 Å². The Hall–Kier alpha value is -1.88. The van der Waals surface area contributed by atoms with Crippen LogP contribution in [0.5, 0.6) is 0 Å². The molecule has 0 aliphatic rings. The highest BCUT2D eigenvalue weighted by molar-refractivity contribution is 5.95. The molecular formula is C13H19N3O2. The van der Waals surface area contributed by atoms with Gasteiger partial charge in [0.05, 0.1) is 36.4 Å². The first kappa shape index (κ1) is 14.2. The molecule has 0 bridgehead atoms. The van der Waals surface area contributed by atoms with E-state index in [1.165, 1.54) is 6.20 Å². The number of amides is 1. The molecular weight excluding hydrogens is 230 g/mol. The SMILES string of the molecule is C=C(C)COCCNC(=O)c1cc(N)cnc1C. The summed E-state index contributed by atoms with van der Waals surface area (Å²) in [6.07, 6.45) is 1.53. The number of aromatic nitrogens is 1. The lowest BCUT2D eigenvalue weighted by atomic mass is 10.2.